The largest absolute Gasteiger partial charge is 0.320 e. The zero-order valence-electron chi connectivity index (χ0n) is 12.2. The number of nitrogens with one attached hydrogen (secondary N) is 1. The summed E-state index contributed by atoms with van der Waals surface area (Å²) >= 11 is 1.40. The average molecular weight is 304 g/mol. The molecule has 3 N–H and O–H groups in total. The third-order valence-corrected chi connectivity index (χ3v) is 3.78. The maximum Gasteiger partial charge on any atom is 0.243 e. The van der Waals surface area contributed by atoms with Gasteiger partial charge in [0.2, 0.25) is 11.0 Å². The topological polar surface area (TPSA) is 80.9 Å². The highest BCUT2D eigenvalue weighted by molar-refractivity contribution is 7.15. The van der Waals surface area contributed by atoms with Crippen molar-refractivity contribution in [2.75, 3.05) is 5.32 Å². The van der Waals surface area contributed by atoms with Crippen molar-refractivity contribution >= 4 is 22.4 Å². The van der Waals surface area contributed by atoms with E-state index >= 15 is 0 Å². The first-order chi connectivity index (χ1) is 10.0. The predicted octanol–water partition coefficient (Wildman–Crippen LogP) is 2.25. The van der Waals surface area contributed by atoms with Gasteiger partial charge in [0.05, 0.1) is 6.04 Å². The van der Waals surface area contributed by atoms with Crippen LogP contribution in [0.15, 0.2) is 30.3 Å². The molecule has 5 nitrogen and oxygen atoms in total. The van der Waals surface area contributed by atoms with Crippen LogP contribution in [0, 0.1) is 5.92 Å². The third kappa shape index (κ3) is 4.91. The van der Waals surface area contributed by atoms with E-state index in [4.69, 9.17) is 5.73 Å². The Morgan fingerprint density at radius 2 is 1.95 bits per heavy atom. The van der Waals surface area contributed by atoms with Crippen molar-refractivity contribution in [2.24, 2.45) is 11.7 Å². The molecule has 0 bridgehead atoms. The van der Waals surface area contributed by atoms with E-state index in [0.29, 0.717) is 17.5 Å². The van der Waals surface area contributed by atoms with Crippen LogP contribution >= 0.6 is 11.3 Å². The normalized spacial score (nSPS) is 12.4. The Labute approximate surface area is 128 Å². The number of hydrogen-bond acceptors (Lipinski definition) is 5. The Kier molecular flexibility index (Phi) is 5.41. The lowest BCUT2D eigenvalue weighted by Crippen LogP contribution is -2.37. The number of anilines is 1. The van der Waals surface area contributed by atoms with Gasteiger partial charge in [-0.05, 0) is 17.9 Å². The predicted molar refractivity (Wildman–Crippen MR) is 85.2 cm³/mol. The Balaban J connectivity index is 1.90. The van der Waals surface area contributed by atoms with Gasteiger partial charge in [-0.25, -0.2) is 0 Å². The first kappa shape index (κ1) is 15.6. The summed E-state index contributed by atoms with van der Waals surface area (Å²) in [4.78, 5) is 12.1. The number of aromatic nitrogens is 2. The summed E-state index contributed by atoms with van der Waals surface area (Å²) < 4.78 is 0. The van der Waals surface area contributed by atoms with Crippen LogP contribution in [0.1, 0.15) is 24.4 Å². The van der Waals surface area contributed by atoms with Crippen molar-refractivity contribution in [3.05, 3.63) is 40.9 Å². The summed E-state index contributed by atoms with van der Waals surface area (Å²) in [7, 11) is 0. The molecule has 0 aliphatic rings. The van der Waals surface area contributed by atoms with Gasteiger partial charge in [0.25, 0.3) is 0 Å². The van der Waals surface area contributed by atoms with Crippen LogP contribution in [-0.2, 0) is 17.6 Å². The van der Waals surface area contributed by atoms with Crippen LogP contribution in [0.2, 0.25) is 0 Å². The van der Waals surface area contributed by atoms with E-state index in [1.165, 1.54) is 11.3 Å². The Hall–Kier alpha value is -1.79. The summed E-state index contributed by atoms with van der Waals surface area (Å²) in [5.41, 5.74) is 6.97. The molecule has 2 aromatic rings. The number of rotatable bonds is 6. The van der Waals surface area contributed by atoms with Gasteiger partial charge in [0.15, 0.2) is 0 Å². The van der Waals surface area contributed by atoms with E-state index in [2.05, 4.69) is 29.4 Å². The van der Waals surface area contributed by atoms with Gasteiger partial charge in [-0.15, -0.1) is 10.2 Å². The summed E-state index contributed by atoms with van der Waals surface area (Å²) in [5, 5.41) is 12.2. The number of carbonyl (C=O) groups is 1. The second kappa shape index (κ2) is 7.28. The van der Waals surface area contributed by atoms with Gasteiger partial charge in [0, 0.05) is 6.42 Å². The fraction of sp³-hybridized carbons (Fsp3) is 0.400. The van der Waals surface area contributed by atoms with E-state index < -0.39 is 6.04 Å². The van der Waals surface area contributed by atoms with Gasteiger partial charge in [-0.2, -0.15) is 0 Å². The molecule has 0 spiro atoms. The zero-order chi connectivity index (χ0) is 15.2. The van der Waals surface area contributed by atoms with Gasteiger partial charge in [-0.3, -0.25) is 10.1 Å². The molecule has 0 saturated carbocycles. The monoisotopic (exact) mass is 304 g/mol. The smallest absolute Gasteiger partial charge is 0.243 e. The zero-order valence-corrected chi connectivity index (χ0v) is 13.1. The van der Waals surface area contributed by atoms with E-state index in [-0.39, 0.29) is 5.91 Å². The standard InChI is InChI=1S/C15H20N4OS/c1-10(2)8-13-18-19-15(21-13)17-14(20)12(16)9-11-6-4-3-5-7-11/h3-7,10,12H,8-9,16H2,1-2H3,(H,17,19,20). The van der Waals surface area contributed by atoms with Crippen molar-refractivity contribution in [2.45, 2.75) is 32.7 Å². The quantitative estimate of drug-likeness (QED) is 0.857. The van der Waals surface area contributed by atoms with Gasteiger partial charge >= 0.3 is 0 Å². The van der Waals surface area contributed by atoms with Crippen molar-refractivity contribution in [1.29, 1.82) is 0 Å². The maximum absolute atomic E-state index is 12.1. The molecule has 6 heteroatoms. The molecule has 1 aromatic heterocycles. The first-order valence-corrected chi connectivity index (χ1v) is 7.79. The SMILES string of the molecule is CC(C)Cc1nnc(NC(=O)C(N)Cc2ccccc2)s1. The van der Waals surface area contributed by atoms with Crippen LogP contribution in [0.3, 0.4) is 0 Å². The number of nitrogens with zero attached hydrogens (tertiary/aromatic N) is 2. The highest BCUT2D eigenvalue weighted by atomic mass is 32.1. The molecular weight excluding hydrogens is 284 g/mol. The highest BCUT2D eigenvalue weighted by Gasteiger charge is 2.16. The van der Waals surface area contributed by atoms with Crippen molar-refractivity contribution in [3.8, 4) is 0 Å². The minimum Gasteiger partial charge on any atom is -0.320 e. The lowest BCUT2D eigenvalue weighted by Gasteiger charge is -2.10. The maximum atomic E-state index is 12.1. The highest BCUT2D eigenvalue weighted by Crippen LogP contribution is 2.18. The molecule has 0 saturated heterocycles. The molecule has 112 valence electrons. The molecule has 0 aliphatic carbocycles. The number of benzene rings is 1. The van der Waals surface area contributed by atoms with E-state index in [1.54, 1.807) is 0 Å². The van der Waals surface area contributed by atoms with Gasteiger partial charge in [-0.1, -0.05) is 55.5 Å². The third-order valence-electron chi connectivity index (χ3n) is 2.92. The van der Waals surface area contributed by atoms with Gasteiger partial charge in [0.1, 0.15) is 5.01 Å². The molecule has 1 atom stereocenters. The molecule has 1 heterocycles. The average Bonchev–Trinajstić information content (AvgIpc) is 2.86. The van der Waals surface area contributed by atoms with E-state index in [0.717, 1.165) is 17.0 Å². The number of nitrogens with two attached hydrogens (primary N) is 1. The van der Waals surface area contributed by atoms with Crippen LogP contribution in [0.4, 0.5) is 5.13 Å². The minimum absolute atomic E-state index is 0.230. The van der Waals surface area contributed by atoms with Gasteiger partial charge < -0.3 is 5.73 Å². The van der Waals surface area contributed by atoms with Crippen molar-refractivity contribution in [3.63, 3.8) is 0 Å². The molecule has 21 heavy (non-hydrogen) atoms. The molecule has 1 amide bonds. The molecule has 0 fully saturated rings. The molecule has 2 rings (SSSR count). The lowest BCUT2D eigenvalue weighted by molar-refractivity contribution is -0.117. The second-order valence-corrected chi connectivity index (χ2v) is 6.45. The second-order valence-electron chi connectivity index (χ2n) is 5.38. The fourth-order valence-corrected chi connectivity index (χ4v) is 2.85. The van der Waals surface area contributed by atoms with Crippen LogP contribution in [0.25, 0.3) is 0 Å². The Morgan fingerprint density at radius 1 is 1.24 bits per heavy atom. The number of carbonyl (C=O) groups excluding carboxylic acids is 1. The van der Waals surface area contributed by atoms with Crippen LogP contribution < -0.4 is 11.1 Å². The molecule has 1 aromatic carbocycles. The van der Waals surface area contributed by atoms with E-state index in [1.807, 2.05) is 30.3 Å². The molecule has 0 radical (unpaired) electrons. The summed E-state index contributed by atoms with van der Waals surface area (Å²) in [6.07, 6.45) is 1.37. The first-order valence-electron chi connectivity index (χ1n) is 6.97. The summed E-state index contributed by atoms with van der Waals surface area (Å²) in [6.45, 7) is 4.24. The van der Waals surface area contributed by atoms with E-state index in [9.17, 15) is 4.79 Å². The molecular formula is C15H20N4OS. The van der Waals surface area contributed by atoms with Crippen molar-refractivity contribution < 1.29 is 4.79 Å². The van der Waals surface area contributed by atoms with Crippen LogP contribution in [0.5, 0.6) is 0 Å². The molecule has 1 unspecified atom stereocenters. The van der Waals surface area contributed by atoms with Crippen LogP contribution in [-0.4, -0.2) is 22.1 Å². The fourth-order valence-electron chi connectivity index (χ4n) is 1.89. The number of hydrogen-bond donors (Lipinski definition) is 2. The summed E-state index contributed by atoms with van der Waals surface area (Å²) in [5.74, 6) is 0.285. The Bertz CT molecular complexity index is 582. The molecule has 0 aliphatic heterocycles. The Morgan fingerprint density at radius 3 is 2.62 bits per heavy atom. The summed E-state index contributed by atoms with van der Waals surface area (Å²) in [6, 6.07) is 9.13. The number of amides is 1. The lowest BCUT2D eigenvalue weighted by atomic mass is 10.1. The minimum atomic E-state index is -0.593. The van der Waals surface area contributed by atoms with Crippen molar-refractivity contribution in [1.82, 2.24) is 10.2 Å².